The number of rotatable bonds is 8. The van der Waals surface area contributed by atoms with Crippen molar-refractivity contribution >= 4 is 14.7 Å². The molecule has 130 valence electrons. The van der Waals surface area contributed by atoms with Crippen LogP contribution in [0.4, 0.5) is 5.69 Å². The molecule has 0 radical (unpaired) electrons. The second kappa shape index (κ2) is 8.16. The highest BCUT2D eigenvalue weighted by molar-refractivity contribution is 6.55. The highest BCUT2D eigenvalue weighted by Crippen LogP contribution is 2.23. The van der Waals surface area contributed by atoms with Crippen molar-refractivity contribution in [1.82, 2.24) is 0 Å². The van der Waals surface area contributed by atoms with Gasteiger partial charge in [-0.15, -0.1) is 0 Å². The van der Waals surface area contributed by atoms with Crippen molar-refractivity contribution < 1.29 is 17.7 Å². The van der Waals surface area contributed by atoms with Crippen molar-refractivity contribution in [3.8, 4) is 11.5 Å². The van der Waals surface area contributed by atoms with Gasteiger partial charge in [0.1, 0.15) is 11.5 Å². The summed E-state index contributed by atoms with van der Waals surface area (Å²) in [6.45, 7) is 4.09. The Morgan fingerprint density at radius 1 is 0.958 bits per heavy atom. The van der Waals surface area contributed by atoms with Crippen LogP contribution in [-0.4, -0.2) is 28.8 Å². The van der Waals surface area contributed by atoms with Crippen molar-refractivity contribution in [2.45, 2.75) is 19.9 Å². The van der Waals surface area contributed by atoms with Gasteiger partial charge in [-0.3, -0.25) is 0 Å². The Morgan fingerprint density at radius 2 is 1.46 bits per heavy atom. The first kappa shape index (κ1) is 18.3. The van der Waals surface area contributed by atoms with E-state index in [0.29, 0.717) is 17.2 Å². The lowest BCUT2D eigenvalue weighted by atomic mass is 10.2. The zero-order chi connectivity index (χ0) is 17.6. The fraction of sp³-hybridized carbons (Fsp3) is 0.294. The van der Waals surface area contributed by atoms with Gasteiger partial charge in [-0.1, -0.05) is 17.7 Å². The van der Waals surface area contributed by atoms with Crippen LogP contribution in [0.2, 0.25) is 0 Å². The summed E-state index contributed by atoms with van der Waals surface area (Å²) in [5, 5.41) is 0. The highest BCUT2D eigenvalue weighted by atomic mass is 28.4. The Hall–Kier alpha value is -2.06. The zero-order valence-corrected chi connectivity index (χ0v) is 15.2. The summed E-state index contributed by atoms with van der Waals surface area (Å²) in [5.74, 6) is 1.16. The Kier molecular flexibility index (Phi) is 6.21. The lowest BCUT2D eigenvalue weighted by molar-refractivity contribution is 0.0565. The third-order valence-corrected chi connectivity index (χ3v) is 5.15. The fourth-order valence-corrected chi connectivity index (χ4v) is 3.65. The van der Waals surface area contributed by atoms with E-state index in [1.165, 1.54) is 7.11 Å². The fourth-order valence-electron chi connectivity index (χ4n) is 1.89. The summed E-state index contributed by atoms with van der Waals surface area (Å²) < 4.78 is 23.3. The van der Waals surface area contributed by atoms with Crippen LogP contribution in [0.1, 0.15) is 12.5 Å². The maximum Gasteiger partial charge on any atom is 0.820 e. The maximum absolute atomic E-state index is 5.98. The third-order valence-electron chi connectivity index (χ3n) is 3.16. The van der Waals surface area contributed by atoms with Crippen LogP contribution < -0.4 is 20.3 Å². The van der Waals surface area contributed by atoms with Gasteiger partial charge < -0.3 is 29.2 Å². The molecule has 2 aromatic rings. The molecule has 0 bridgehead atoms. The minimum absolute atomic E-state index is 0.177. The predicted octanol–water partition coefficient (Wildman–Crippen LogP) is 2.48. The second-order valence-corrected chi connectivity index (χ2v) is 7.68. The van der Waals surface area contributed by atoms with Crippen molar-refractivity contribution in [3.63, 3.8) is 0 Å². The molecule has 0 aliphatic heterocycles. The first-order valence-electron chi connectivity index (χ1n) is 7.67. The largest absolute Gasteiger partial charge is 0.820 e. The number of benzene rings is 2. The van der Waals surface area contributed by atoms with Gasteiger partial charge in [0.2, 0.25) is 0 Å². The SMILES string of the molecule is CO[Si](OCC(C)N)(Oc1ccc(C)cc1)Oc1ccc(N)cc1. The molecule has 4 N–H and O–H groups in total. The molecule has 2 rings (SSSR count). The summed E-state index contributed by atoms with van der Waals surface area (Å²) >= 11 is 0. The normalized spacial score (nSPS) is 14.7. The van der Waals surface area contributed by atoms with Crippen LogP contribution in [-0.2, 0) is 8.85 Å². The van der Waals surface area contributed by atoms with Crippen molar-refractivity contribution in [3.05, 3.63) is 54.1 Å². The average Bonchev–Trinajstić information content (AvgIpc) is 2.57. The van der Waals surface area contributed by atoms with E-state index >= 15 is 0 Å². The number of aryl methyl sites for hydroxylation is 1. The molecule has 0 saturated heterocycles. The van der Waals surface area contributed by atoms with Gasteiger partial charge in [0.15, 0.2) is 0 Å². The number of hydrogen-bond donors (Lipinski definition) is 2. The molecule has 0 amide bonds. The molecule has 0 aliphatic carbocycles. The van der Waals surface area contributed by atoms with Gasteiger partial charge in [0.25, 0.3) is 0 Å². The zero-order valence-electron chi connectivity index (χ0n) is 14.2. The summed E-state index contributed by atoms with van der Waals surface area (Å²) in [4.78, 5) is 0. The van der Waals surface area contributed by atoms with E-state index in [1.54, 1.807) is 24.3 Å². The first-order chi connectivity index (χ1) is 11.4. The molecule has 0 spiro atoms. The molecule has 24 heavy (non-hydrogen) atoms. The molecule has 0 heterocycles. The molecule has 2 aromatic carbocycles. The van der Waals surface area contributed by atoms with Crippen LogP contribution >= 0.6 is 0 Å². The summed E-state index contributed by atoms with van der Waals surface area (Å²) in [7, 11) is -1.97. The van der Waals surface area contributed by atoms with Crippen LogP contribution in [0.3, 0.4) is 0 Å². The van der Waals surface area contributed by atoms with E-state index in [-0.39, 0.29) is 12.6 Å². The Morgan fingerprint density at radius 3 is 1.92 bits per heavy atom. The Bertz CT molecular complexity index is 585. The van der Waals surface area contributed by atoms with E-state index < -0.39 is 9.05 Å². The van der Waals surface area contributed by atoms with Crippen molar-refractivity contribution in [2.24, 2.45) is 5.73 Å². The maximum atomic E-state index is 5.98. The van der Waals surface area contributed by atoms with Gasteiger partial charge in [-0.05, 0) is 50.2 Å². The minimum atomic E-state index is -3.47. The number of nitrogens with two attached hydrogens (primary N) is 2. The van der Waals surface area contributed by atoms with Gasteiger partial charge in [0, 0.05) is 18.8 Å². The summed E-state index contributed by atoms with van der Waals surface area (Å²) in [5.41, 5.74) is 13.3. The molecular formula is C17H24N2O4Si. The predicted molar refractivity (Wildman–Crippen MR) is 95.7 cm³/mol. The van der Waals surface area contributed by atoms with Crippen LogP contribution in [0, 0.1) is 6.92 Å². The Balaban J connectivity index is 2.24. The minimum Gasteiger partial charge on any atom is -0.471 e. The molecule has 0 aliphatic rings. The smallest absolute Gasteiger partial charge is 0.471 e. The van der Waals surface area contributed by atoms with E-state index in [9.17, 15) is 0 Å². The number of nitrogen functional groups attached to an aromatic ring is 1. The summed E-state index contributed by atoms with van der Waals surface area (Å²) in [6, 6.07) is 14.4. The molecular weight excluding hydrogens is 324 g/mol. The van der Waals surface area contributed by atoms with Crippen LogP contribution in [0.5, 0.6) is 11.5 Å². The van der Waals surface area contributed by atoms with Gasteiger partial charge in [-0.2, -0.15) is 0 Å². The Labute approximate surface area is 143 Å². The van der Waals surface area contributed by atoms with Crippen molar-refractivity contribution in [2.75, 3.05) is 19.5 Å². The molecule has 6 nitrogen and oxygen atoms in total. The van der Waals surface area contributed by atoms with E-state index in [1.807, 2.05) is 38.1 Å². The molecule has 7 heteroatoms. The molecule has 0 aromatic heterocycles. The van der Waals surface area contributed by atoms with Crippen LogP contribution in [0.15, 0.2) is 48.5 Å². The monoisotopic (exact) mass is 348 g/mol. The van der Waals surface area contributed by atoms with Crippen molar-refractivity contribution in [1.29, 1.82) is 0 Å². The van der Waals surface area contributed by atoms with E-state index in [0.717, 1.165) is 5.56 Å². The highest BCUT2D eigenvalue weighted by Gasteiger charge is 2.51. The lowest BCUT2D eigenvalue weighted by Gasteiger charge is -2.27. The molecule has 0 fully saturated rings. The van der Waals surface area contributed by atoms with E-state index in [4.69, 9.17) is 29.2 Å². The van der Waals surface area contributed by atoms with Crippen LogP contribution in [0.25, 0.3) is 0 Å². The topological polar surface area (TPSA) is 89.0 Å². The number of hydrogen-bond acceptors (Lipinski definition) is 6. The standard InChI is InChI=1S/C17H24N2O4Si/c1-13-4-8-16(9-5-13)22-24(20-3,21-12-14(2)18)23-17-10-6-15(19)7-11-17/h4-11,14H,12,18-19H2,1-3H3. The van der Waals surface area contributed by atoms with Gasteiger partial charge in [-0.25, -0.2) is 0 Å². The third kappa shape index (κ3) is 5.24. The van der Waals surface area contributed by atoms with E-state index in [2.05, 4.69) is 0 Å². The molecule has 0 saturated carbocycles. The van der Waals surface area contributed by atoms with Gasteiger partial charge in [0.05, 0.1) is 6.61 Å². The second-order valence-electron chi connectivity index (χ2n) is 5.58. The van der Waals surface area contributed by atoms with Gasteiger partial charge >= 0.3 is 9.05 Å². The average molecular weight is 348 g/mol. The number of anilines is 1. The molecule has 2 unspecified atom stereocenters. The summed E-state index contributed by atoms with van der Waals surface area (Å²) in [6.07, 6.45) is 0. The quantitative estimate of drug-likeness (QED) is 0.563. The lowest BCUT2D eigenvalue weighted by Crippen LogP contribution is -2.55. The first-order valence-corrected chi connectivity index (χ1v) is 9.31. The molecule has 2 atom stereocenters.